The van der Waals surface area contributed by atoms with Gasteiger partial charge in [-0.1, -0.05) is 12.1 Å². The highest BCUT2D eigenvalue weighted by Gasteiger charge is 2.07. The number of nitrogens with one attached hydrogen (secondary N) is 2. The van der Waals surface area contributed by atoms with Crippen molar-refractivity contribution < 1.29 is 8.42 Å². The molecule has 2 rings (SSSR count). The second kappa shape index (κ2) is 5.11. The third-order valence-electron chi connectivity index (χ3n) is 2.64. The van der Waals surface area contributed by atoms with Crippen LogP contribution >= 0.6 is 12.2 Å². The maximum atomic E-state index is 11.4. The molecular weight excluding hydrogens is 288 g/mol. The number of aromatic nitrogens is 3. The molecule has 0 saturated heterocycles. The molecule has 0 unspecified atom stereocenters. The van der Waals surface area contributed by atoms with Gasteiger partial charge >= 0.3 is 5.69 Å². The Kier molecular flexibility index (Phi) is 3.69. The number of rotatable bonds is 4. The molecule has 1 aromatic carbocycles. The van der Waals surface area contributed by atoms with Crippen molar-refractivity contribution in [2.75, 3.05) is 0 Å². The smallest absolute Gasteiger partial charge is 0.272 e. The summed E-state index contributed by atoms with van der Waals surface area (Å²) >= 11 is 4.94. The highest BCUT2D eigenvalue weighted by molar-refractivity contribution is 7.89. The fourth-order valence-electron chi connectivity index (χ4n) is 1.62. The first-order chi connectivity index (χ1) is 8.88. The molecule has 1 heterocycles. The number of aromatic amines is 2. The van der Waals surface area contributed by atoms with Crippen LogP contribution in [0.4, 0.5) is 0 Å². The Morgan fingerprint density at radius 3 is 2.32 bits per heavy atom. The summed E-state index contributed by atoms with van der Waals surface area (Å²) in [6, 6.07) is 6.19. The van der Waals surface area contributed by atoms with Gasteiger partial charge in [-0.05, 0) is 36.3 Å². The Morgan fingerprint density at radius 1 is 1.21 bits per heavy atom. The van der Waals surface area contributed by atoms with E-state index in [0.29, 0.717) is 17.7 Å². The van der Waals surface area contributed by atoms with Crippen LogP contribution in [0.2, 0.25) is 0 Å². The van der Waals surface area contributed by atoms with Crippen molar-refractivity contribution in [2.45, 2.75) is 17.9 Å². The number of nitrogens with two attached hydrogens (primary N) is 1. The topological polar surface area (TPSA) is 114 Å². The summed E-state index contributed by atoms with van der Waals surface area (Å²) in [6.07, 6.45) is 0.556. The molecule has 0 fully saturated rings. The molecule has 2 aromatic rings. The zero-order valence-corrected chi connectivity index (χ0v) is 11.4. The van der Waals surface area contributed by atoms with Crippen LogP contribution < -0.4 is 10.8 Å². The van der Waals surface area contributed by atoms with Gasteiger partial charge in [-0.2, -0.15) is 0 Å². The molecule has 0 radical (unpaired) electrons. The summed E-state index contributed by atoms with van der Waals surface area (Å²) in [5.74, 6) is 0. The number of hydrogen-bond acceptors (Lipinski definition) is 4. The molecule has 102 valence electrons. The molecule has 1 aromatic heterocycles. The second-order valence-corrected chi connectivity index (χ2v) is 5.90. The summed E-state index contributed by atoms with van der Waals surface area (Å²) < 4.78 is 23.9. The summed E-state index contributed by atoms with van der Waals surface area (Å²) in [5.41, 5.74) is 0.584. The van der Waals surface area contributed by atoms with Crippen LogP contribution in [0.15, 0.2) is 34.0 Å². The molecule has 7 nitrogen and oxygen atoms in total. The van der Waals surface area contributed by atoms with Crippen molar-refractivity contribution in [3.05, 3.63) is 45.1 Å². The number of H-pyrrole nitrogens is 2. The third kappa shape index (κ3) is 3.19. The zero-order chi connectivity index (χ0) is 14.0. The van der Waals surface area contributed by atoms with Crippen molar-refractivity contribution in [1.82, 2.24) is 14.8 Å². The zero-order valence-electron chi connectivity index (χ0n) is 9.79. The fourth-order valence-corrected chi connectivity index (χ4v) is 2.36. The molecule has 0 bridgehead atoms. The van der Waals surface area contributed by atoms with Gasteiger partial charge in [-0.25, -0.2) is 23.4 Å². The average Bonchev–Trinajstić information content (AvgIpc) is 2.66. The van der Waals surface area contributed by atoms with E-state index in [1.54, 1.807) is 12.1 Å². The maximum Gasteiger partial charge on any atom is 0.342 e. The van der Waals surface area contributed by atoms with Gasteiger partial charge in [-0.3, -0.25) is 9.67 Å². The number of nitrogens with zero attached hydrogens (tertiary/aromatic N) is 1. The molecule has 9 heteroatoms. The van der Waals surface area contributed by atoms with E-state index in [4.69, 9.17) is 17.4 Å². The predicted molar refractivity (Wildman–Crippen MR) is 71.8 cm³/mol. The molecule has 0 spiro atoms. The quantitative estimate of drug-likeness (QED) is 0.696. The second-order valence-electron chi connectivity index (χ2n) is 3.95. The Balaban J connectivity index is 2.13. The highest BCUT2D eigenvalue weighted by atomic mass is 32.2. The van der Waals surface area contributed by atoms with Gasteiger partial charge in [0, 0.05) is 6.54 Å². The lowest BCUT2D eigenvalue weighted by Crippen LogP contribution is -2.18. The van der Waals surface area contributed by atoms with Crippen LogP contribution in [0, 0.1) is 4.77 Å². The van der Waals surface area contributed by atoms with Crippen LogP contribution in [0.5, 0.6) is 0 Å². The molecule has 0 aliphatic rings. The minimum absolute atomic E-state index is 0.0624. The molecular formula is C10H12N4O3S2. The number of benzene rings is 1. The lowest BCUT2D eigenvalue weighted by Gasteiger charge is -2.03. The van der Waals surface area contributed by atoms with Gasteiger partial charge < -0.3 is 0 Å². The summed E-state index contributed by atoms with van der Waals surface area (Å²) in [5, 5.41) is 9.93. The number of hydrogen-bond donors (Lipinski definition) is 3. The van der Waals surface area contributed by atoms with Gasteiger partial charge in [0.25, 0.3) is 0 Å². The number of aryl methyl sites for hydroxylation is 1. The average molecular weight is 300 g/mol. The van der Waals surface area contributed by atoms with Gasteiger partial charge in [0.2, 0.25) is 10.0 Å². The van der Waals surface area contributed by atoms with Crippen molar-refractivity contribution >= 4 is 22.2 Å². The van der Waals surface area contributed by atoms with E-state index < -0.39 is 10.0 Å². The first-order valence-corrected chi connectivity index (χ1v) is 7.32. The molecule has 0 aliphatic heterocycles. The Labute approximate surface area is 114 Å². The normalized spacial score (nSPS) is 11.6. The monoisotopic (exact) mass is 300 g/mol. The Bertz CT molecular complexity index is 756. The van der Waals surface area contributed by atoms with E-state index in [-0.39, 0.29) is 10.6 Å². The first-order valence-electron chi connectivity index (χ1n) is 5.37. The maximum absolute atomic E-state index is 11.4. The molecule has 0 amide bonds. The van der Waals surface area contributed by atoms with E-state index in [1.807, 2.05) is 0 Å². The van der Waals surface area contributed by atoms with Crippen molar-refractivity contribution in [1.29, 1.82) is 0 Å². The van der Waals surface area contributed by atoms with E-state index in [1.165, 1.54) is 16.7 Å². The Hall–Kier alpha value is -1.71. The molecule has 0 saturated carbocycles. The predicted octanol–water partition coefficient (Wildman–Crippen LogP) is 0.124. The summed E-state index contributed by atoms with van der Waals surface area (Å²) in [6.45, 7) is 0.409. The number of sulfonamides is 1. The lowest BCUT2D eigenvalue weighted by atomic mass is 10.1. The van der Waals surface area contributed by atoms with Crippen LogP contribution in [0.3, 0.4) is 0 Å². The SMILES string of the molecule is NS(=O)(=O)c1ccc(CCn2c(=O)[nH][nH]c2=S)cc1. The van der Waals surface area contributed by atoms with Crippen LogP contribution in [0.1, 0.15) is 5.56 Å². The third-order valence-corrected chi connectivity index (χ3v) is 3.89. The van der Waals surface area contributed by atoms with Gasteiger partial charge in [0.1, 0.15) is 0 Å². The Morgan fingerprint density at radius 2 is 1.84 bits per heavy atom. The molecule has 0 aliphatic carbocycles. The van der Waals surface area contributed by atoms with Crippen molar-refractivity contribution in [3.8, 4) is 0 Å². The van der Waals surface area contributed by atoms with Crippen molar-refractivity contribution in [2.24, 2.45) is 5.14 Å². The standard InChI is InChI=1S/C10H12N4O3S2/c11-19(16,17)8-3-1-7(2-4-8)5-6-14-9(15)12-13-10(14)18/h1-4H,5-6H2,(H,12,15)(H,13,18)(H2,11,16,17). The largest absolute Gasteiger partial charge is 0.342 e. The molecule has 0 atom stereocenters. The van der Waals surface area contributed by atoms with Crippen molar-refractivity contribution in [3.63, 3.8) is 0 Å². The van der Waals surface area contributed by atoms with Crippen LogP contribution in [-0.2, 0) is 23.0 Å². The summed E-state index contributed by atoms with van der Waals surface area (Å²) in [7, 11) is -3.67. The minimum Gasteiger partial charge on any atom is -0.272 e. The lowest BCUT2D eigenvalue weighted by molar-refractivity contribution is 0.597. The van der Waals surface area contributed by atoms with E-state index in [9.17, 15) is 13.2 Å². The fraction of sp³-hybridized carbons (Fsp3) is 0.200. The summed E-state index contributed by atoms with van der Waals surface area (Å²) in [4.78, 5) is 11.4. The van der Waals surface area contributed by atoms with Gasteiger partial charge in [0.15, 0.2) is 4.77 Å². The van der Waals surface area contributed by atoms with E-state index in [2.05, 4.69) is 10.2 Å². The minimum atomic E-state index is -3.67. The molecule has 4 N–H and O–H groups in total. The van der Waals surface area contributed by atoms with Gasteiger partial charge in [0.05, 0.1) is 4.90 Å². The highest BCUT2D eigenvalue weighted by Crippen LogP contribution is 2.09. The molecule has 19 heavy (non-hydrogen) atoms. The van der Waals surface area contributed by atoms with Gasteiger partial charge in [-0.15, -0.1) is 0 Å². The first kappa shape index (κ1) is 13.7. The van der Waals surface area contributed by atoms with E-state index in [0.717, 1.165) is 5.56 Å². The van der Waals surface area contributed by atoms with E-state index >= 15 is 0 Å². The van der Waals surface area contributed by atoms with Crippen LogP contribution in [-0.4, -0.2) is 23.2 Å². The van der Waals surface area contributed by atoms with Crippen LogP contribution in [0.25, 0.3) is 0 Å². The number of primary sulfonamides is 1.